The first kappa shape index (κ1) is 20.0. The lowest BCUT2D eigenvalue weighted by Gasteiger charge is -2.28. The Balaban J connectivity index is 1.65. The zero-order valence-corrected chi connectivity index (χ0v) is 17.5. The Labute approximate surface area is 173 Å². The second-order valence-electron chi connectivity index (χ2n) is 7.05. The van der Waals surface area contributed by atoms with E-state index in [9.17, 15) is 18.3 Å². The quantitative estimate of drug-likeness (QED) is 0.661. The number of amides is 1. The van der Waals surface area contributed by atoms with Crippen molar-refractivity contribution < 1.29 is 18.3 Å². The van der Waals surface area contributed by atoms with E-state index in [-0.39, 0.29) is 10.8 Å². The van der Waals surface area contributed by atoms with Gasteiger partial charge in [0.2, 0.25) is 15.9 Å². The maximum atomic E-state index is 13.0. The molecule has 0 atom stereocenters. The number of benzene rings is 2. The van der Waals surface area contributed by atoms with Gasteiger partial charge in [-0.2, -0.15) is 4.31 Å². The monoisotopic (exact) mass is 431 g/mol. The van der Waals surface area contributed by atoms with Gasteiger partial charge in [0.05, 0.1) is 21.2 Å². The molecule has 1 amide bonds. The van der Waals surface area contributed by atoms with E-state index >= 15 is 0 Å². The van der Waals surface area contributed by atoms with Crippen LogP contribution in [0.3, 0.4) is 0 Å². The van der Waals surface area contributed by atoms with Gasteiger partial charge in [-0.15, -0.1) is 0 Å². The van der Waals surface area contributed by atoms with Gasteiger partial charge in [-0.3, -0.25) is 4.79 Å². The van der Waals surface area contributed by atoms with E-state index in [1.807, 2.05) is 24.3 Å². The number of aromatic nitrogens is 1. The first-order valence-electron chi connectivity index (χ1n) is 9.30. The third-order valence-electron chi connectivity index (χ3n) is 4.90. The van der Waals surface area contributed by atoms with Gasteiger partial charge in [0.15, 0.2) is 5.13 Å². The third-order valence-corrected chi connectivity index (χ3v) is 7.73. The molecule has 4 rings (SSSR count). The minimum atomic E-state index is -3.60. The standard InChI is InChI=1S/C20H21N3O4S2/c1-13(24)21-20-22-18-6-5-15(12-19(18)28-20)14-3-2-4-17(11-14)29(26,27)23-9-7-16(25)8-10-23/h2-6,11-12,16,25H,7-10H2,1H3,(H,21,22,24). The molecule has 152 valence electrons. The Morgan fingerprint density at radius 2 is 1.90 bits per heavy atom. The second kappa shape index (κ2) is 7.83. The van der Waals surface area contributed by atoms with E-state index in [2.05, 4.69) is 10.3 Å². The predicted octanol–water partition coefficient (Wildman–Crippen LogP) is 3.07. The SMILES string of the molecule is CC(=O)Nc1nc2ccc(-c3cccc(S(=O)(=O)N4CCC(O)CC4)c3)cc2s1. The third kappa shape index (κ3) is 4.18. The van der Waals surface area contributed by atoms with Gasteiger partial charge in [0, 0.05) is 20.0 Å². The summed E-state index contributed by atoms with van der Waals surface area (Å²) < 4.78 is 28.3. The molecular formula is C20H21N3O4S2. The van der Waals surface area contributed by atoms with Crippen molar-refractivity contribution >= 4 is 42.6 Å². The lowest BCUT2D eigenvalue weighted by Crippen LogP contribution is -2.39. The minimum absolute atomic E-state index is 0.174. The summed E-state index contributed by atoms with van der Waals surface area (Å²) in [5.74, 6) is -0.174. The number of rotatable bonds is 4. The van der Waals surface area contributed by atoms with Gasteiger partial charge in [-0.1, -0.05) is 29.5 Å². The number of hydrogen-bond acceptors (Lipinski definition) is 6. The van der Waals surface area contributed by atoms with E-state index in [1.165, 1.54) is 22.6 Å². The lowest BCUT2D eigenvalue weighted by atomic mass is 10.1. The fourth-order valence-electron chi connectivity index (χ4n) is 3.38. The van der Waals surface area contributed by atoms with Crippen LogP contribution in [-0.4, -0.2) is 47.9 Å². The van der Waals surface area contributed by atoms with Gasteiger partial charge in [-0.05, 0) is 48.2 Å². The van der Waals surface area contributed by atoms with Gasteiger partial charge in [0.25, 0.3) is 0 Å². The van der Waals surface area contributed by atoms with E-state index in [0.717, 1.165) is 21.3 Å². The number of carbonyl (C=O) groups excluding carboxylic acids is 1. The number of hydrogen-bond donors (Lipinski definition) is 2. The second-order valence-corrected chi connectivity index (χ2v) is 10.0. The summed E-state index contributed by atoms with van der Waals surface area (Å²) in [6.07, 6.45) is 0.483. The van der Waals surface area contributed by atoms with Crippen molar-refractivity contribution in [3.8, 4) is 11.1 Å². The molecule has 1 aliphatic heterocycles. The molecular weight excluding hydrogens is 410 g/mol. The number of fused-ring (bicyclic) bond motifs is 1. The number of carbonyl (C=O) groups is 1. The molecule has 0 radical (unpaired) electrons. The van der Waals surface area contributed by atoms with Crippen LogP contribution in [0.15, 0.2) is 47.4 Å². The molecule has 0 unspecified atom stereocenters. The fourth-order valence-corrected chi connectivity index (χ4v) is 5.84. The molecule has 2 N–H and O–H groups in total. The van der Waals surface area contributed by atoms with Crippen LogP contribution in [0.2, 0.25) is 0 Å². The lowest BCUT2D eigenvalue weighted by molar-refractivity contribution is -0.114. The molecule has 1 saturated heterocycles. The molecule has 1 aromatic heterocycles. The van der Waals surface area contributed by atoms with Gasteiger partial charge in [-0.25, -0.2) is 13.4 Å². The highest BCUT2D eigenvalue weighted by Crippen LogP contribution is 2.32. The topological polar surface area (TPSA) is 99.6 Å². The van der Waals surface area contributed by atoms with Crippen LogP contribution in [0.4, 0.5) is 5.13 Å². The molecule has 2 heterocycles. The number of nitrogens with zero attached hydrogens (tertiary/aromatic N) is 2. The molecule has 0 bridgehead atoms. The Hall–Kier alpha value is -2.33. The summed E-state index contributed by atoms with van der Waals surface area (Å²) in [6.45, 7) is 2.09. The first-order chi connectivity index (χ1) is 13.8. The summed E-state index contributed by atoms with van der Waals surface area (Å²) in [4.78, 5) is 15.9. The minimum Gasteiger partial charge on any atom is -0.393 e. The highest BCUT2D eigenvalue weighted by Gasteiger charge is 2.28. The zero-order chi connectivity index (χ0) is 20.6. The van der Waals surface area contributed by atoms with Crippen LogP contribution in [-0.2, 0) is 14.8 Å². The Kier molecular flexibility index (Phi) is 5.39. The van der Waals surface area contributed by atoms with Crippen LogP contribution in [0.25, 0.3) is 21.3 Å². The van der Waals surface area contributed by atoms with Crippen molar-refractivity contribution in [3.63, 3.8) is 0 Å². The number of sulfonamides is 1. The summed E-state index contributed by atoms with van der Waals surface area (Å²) in [6, 6.07) is 12.6. The highest BCUT2D eigenvalue weighted by atomic mass is 32.2. The number of aliphatic hydroxyl groups excluding tert-OH is 1. The van der Waals surface area contributed by atoms with Crippen LogP contribution < -0.4 is 5.32 Å². The van der Waals surface area contributed by atoms with Crippen LogP contribution in [0.5, 0.6) is 0 Å². The zero-order valence-electron chi connectivity index (χ0n) is 15.8. The molecule has 0 saturated carbocycles. The summed E-state index contributed by atoms with van der Waals surface area (Å²) in [5, 5.41) is 12.9. The average Bonchev–Trinajstić information content (AvgIpc) is 3.09. The van der Waals surface area contributed by atoms with Crippen molar-refractivity contribution in [2.75, 3.05) is 18.4 Å². The van der Waals surface area contributed by atoms with Crippen LogP contribution >= 0.6 is 11.3 Å². The average molecular weight is 432 g/mol. The van der Waals surface area contributed by atoms with Crippen molar-refractivity contribution in [2.45, 2.75) is 30.8 Å². The first-order valence-corrected chi connectivity index (χ1v) is 11.6. The number of aliphatic hydroxyl groups is 1. The van der Waals surface area contributed by atoms with Crippen LogP contribution in [0.1, 0.15) is 19.8 Å². The largest absolute Gasteiger partial charge is 0.393 e. The number of anilines is 1. The number of thiazole rings is 1. The normalized spacial score (nSPS) is 16.2. The summed E-state index contributed by atoms with van der Waals surface area (Å²) >= 11 is 1.37. The van der Waals surface area contributed by atoms with Gasteiger partial charge < -0.3 is 10.4 Å². The van der Waals surface area contributed by atoms with E-state index in [1.54, 1.807) is 18.2 Å². The molecule has 1 fully saturated rings. The molecule has 2 aromatic carbocycles. The van der Waals surface area contributed by atoms with Crippen molar-refractivity contribution in [2.24, 2.45) is 0 Å². The Bertz CT molecular complexity index is 1170. The van der Waals surface area contributed by atoms with E-state index in [4.69, 9.17) is 0 Å². The van der Waals surface area contributed by atoms with Gasteiger partial charge >= 0.3 is 0 Å². The number of nitrogens with one attached hydrogen (secondary N) is 1. The van der Waals surface area contributed by atoms with Crippen LogP contribution in [0, 0.1) is 0 Å². The van der Waals surface area contributed by atoms with E-state index < -0.39 is 16.1 Å². The molecule has 9 heteroatoms. The molecule has 29 heavy (non-hydrogen) atoms. The predicted molar refractivity (Wildman–Crippen MR) is 113 cm³/mol. The van der Waals surface area contributed by atoms with Crippen molar-refractivity contribution in [3.05, 3.63) is 42.5 Å². The highest BCUT2D eigenvalue weighted by molar-refractivity contribution is 7.89. The molecule has 3 aromatic rings. The smallest absolute Gasteiger partial charge is 0.243 e. The number of piperidine rings is 1. The maximum absolute atomic E-state index is 13.0. The maximum Gasteiger partial charge on any atom is 0.243 e. The van der Waals surface area contributed by atoms with Crippen molar-refractivity contribution in [1.29, 1.82) is 0 Å². The van der Waals surface area contributed by atoms with Gasteiger partial charge in [0.1, 0.15) is 0 Å². The van der Waals surface area contributed by atoms with E-state index in [0.29, 0.717) is 31.1 Å². The molecule has 0 spiro atoms. The Morgan fingerprint density at radius 1 is 1.17 bits per heavy atom. The molecule has 1 aliphatic rings. The fraction of sp³-hybridized carbons (Fsp3) is 0.300. The van der Waals surface area contributed by atoms with Crippen molar-refractivity contribution in [1.82, 2.24) is 9.29 Å². The summed E-state index contributed by atoms with van der Waals surface area (Å²) in [7, 11) is -3.60. The Morgan fingerprint density at radius 3 is 2.62 bits per heavy atom. The molecule has 7 nitrogen and oxygen atoms in total. The molecule has 0 aliphatic carbocycles. The summed E-state index contributed by atoms with van der Waals surface area (Å²) in [5.41, 5.74) is 2.44.